The topological polar surface area (TPSA) is 38.1 Å². The van der Waals surface area contributed by atoms with Crippen molar-refractivity contribution in [1.29, 1.82) is 0 Å². The number of hydrogen-bond donors (Lipinski definition) is 0. The Morgan fingerprint density at radius 1 is 1.35 bits per heavy atom. The highest BCUT2D eigenvalue weighted by molar-refractivity contribution is 6.33. The molecule has 0 spiro atoms. The zero-order valence-corrected chi connectivity index (χ0v) is 11.7. The van der Waals surface area contributed by atoms with Gasteiger partial charge in [-0.2, -0.15) is 5.10 Å². The van der Waals surface area contributed by atoms with Crippen molar-refractivity contribution in [2.45, 2.75) is 13.0 Å². The fraction of sp³-hybridized carbons (Fsp3) is 0.286. The number of aryl methyl sites for hydroxylation is 1. The quantitative estimate of drug-likeness (QED) is 0.808. The number of hydrogen-bond acceptors (Lipinski definition) is 3. The minimum absolute atomic E-state index is 0.174. The van der Waals surface area contributed by atoms with Gasteiger partial charge in [-0.1, -0.05) is 17.7 Å². The van der Waals surface area contributed by atoms with Crippen molar-refractivity contribution in [3.05, 3.63) is 56.7 Å². The second-order valence-corrected chi connectivity index (χ2v) is 5.24. The molecule has 0 aliphatic carbocycles. The number of halogens is 2. The van der Waals surface area contributed by atoms with E-state index < -0.39 is 0 Å². The normalized spacial score (nSPS) is 14.2. The Morgan fingerprint density at radius 3 is 2.95 bits per heavy atom. The number of benzene rings is 1. The summed E-state index contributed by atoms with van der Waals surface area (Å²) in [5.74, 6) is -0.217. The first-order chi connectivity index (χ1) is 9.56. The van der Waals surface area contributed by atoms with Crippen molar-refractivity contribution in [3.63, 3.8) is 0 Å². The maximum atomic E-state index is 13.2. The minimum Gasteiger partial charge on any atom is -0.364 e. The highest BCUT2D eigenvalue weighted by Crippen LogP contribution is 2.27. The third kappa shape index (κ3) is 2.18. The van der Waals surface area contributed by atoms with Crippen molar-refractivity contribution in [2.24, 2.45) is 7.05 Å². The summed E-state index contributed by atoms with van der Waals surface area (Å²) in [5, 5.41) is 4.18. The van der Waals surface area contributed by atoms with E-state index in [2.05, 4.69) is 5.10 Å². The van der Waals surface area contributed by atoms with Crippen molar-refractivity contribution < 1.29 is 4.39 Å². The van der Waals surface area contributed by atoms with Gasteiger partial charge in [0.1, 0.15) is 10.8 Å². The molecule has 0 unspecified atom stereocenters. The Balaban J connectivity index is 1.97. The molecule has 2 heterocycles. The van der Waals surface area contributed by atoms with Crippen LogP contribution in [-0.2, 0) is 20.0 Å². The van der Waals surface area contributed by atoms with Crippen molar-refractivity contribution in [1.82, 2.24) is 9.78 Å². The van der Waals surface area contributed by atoms with E-state index >= 15 is 0 Å². The molecule has 1 aliphatic rings. The van der Waals surface area contributed by atoms with Crippen LogP contribution >= 0.6 is 11.6 Å². The molecule has 1 aliphatic heterocycles. The zero-order valence-electron chi connectivity index (χ0n) is 10.9. The summed E-state index contributed by atoms with van der Waals surface area (Å²) >= 11 is 6.11. The molecule has 0 atom stereocenters. The summed E-state index contributed by atoms with van der Waals surface area (Å²) in [6.45, 7) is 1.29. The maximum Gasteiger partial charge on any atom is 0.287 e. The Morgan fingerprint density at radius 2 is 2.15 bits per heavy atom. The van der Waals surface area contributed by atoms with Crippen molar-refractivity contribution in [3.8, 4) is 0 Å². The van der Waals surface area contributed by atoms with Gasteiger partial charge in [-0.15, -0.1) is 0 Å². The van der Waals surface area contributed by atoms with Gasteiger partial charge >= 0.3 is 0 Å². The van der Waals surface area contributed by atoms with Gasteiger partial charge < -0.3 is 4.90 Å². The first-order valence-electron chi connectivity index (χ1n) is 6.30. The summed E-state index contributed by atoms with van der Waals surface area (Å²) in [6, 6.07) is 4.79. The number of aromatic nitrogens is 2. The van der Waals surface area contributed by atoms with Crippen LogP contribution in [0.3, 0.4) is 0 Å². The van der Waals surface area contributed by atoms with Gasteiger partial charge in [0.05, 0.1) is 11.9 Å². The van der Waals surface area contributed by atoms with E-state index in [0.29, 0.717) is 18.8 Å². The van der Waals surface area contributed by atoms with Gasteiger partial charge in [0.15, 0.2) is 0 Å². The molecule has 0 saturated carbocycles. The molecule has 0 fully saturated rings. The Kier molecular flexibility index (Phi) is 3.22. The van der Waals surface area contributed by atoms with Crippen LogP contribution in [0.5, 0.6) is 0 Å². The largest absolute Gasteiger partial charge is 0.364 e. The summed E-state index contributed by atoms with van der Waals surface area (Å²) in [5.41, 5.74) is 2.38. The van der Waals surface area contributed by atoms with E-state index in [9.17, 15) is 9.18 Å². The fourth-order valence-electron chi connectivity index (χ4n) is 2.45. The molecular formula is C14H13ClFN3O. The number of anilines is 1. The molecule has 0 N–H and O–H groups in total. The van der Waals surface area contributed by atoms with Gasteiger partial charge in [0, 0.05) is 20.1 Å². The third-order valence-corrected chi connectivity index (χ3v) is 3.94. The molecule has 104 valence electrons. The summed E-state index contributed by atoms with van der Waals surface area (Å²) in [4.78, 5) is 13.8. The molecular weight excluding hydrogens is 281 g/mol. The van der Waals surface area contributed by atoms with E-state index in [1.807, 2.05) is 4.90 Å². The lowest BCUT2D eigenvalue weighted by molar-refractivity contribution is 0.618. The summed E-state index contributed by atoms with van der Waals surface area (Å²) in [6.07, 6.45) is 2.32. The highest BCUT2D eigenvalue weighted by atomic mass is 35.5. The van der Waals surface area contributed by atoms with E-state index in [-0.39, 0.29) is 16.4 Å². The minimum atomic E-state index is -0.311. The van der Waals surface area contributed by atoms with E-state index in [1.165, 1.54) is 10.7 Å². The Bertz CT molecular complexity index is 729. The van der Waals surface area contributed by atoms with Crippen LogP contribution in [-0.4, -0.2) is 16.3 Å². The van der Waals surface area contributed by atoms with Crippen LogP contribution < -0.4 is 10.5 Å². The predicted molar refractivity (Wildman–Crippen MR) is 75.6 cm³/mol. The second kappa shape index (κ2) is 4.90. The van der Waals surface area contributed by atoms with Crippen LogP contribution in [0.2, 0.25) is 5.02 Å². The fourth-order valence-corrected chi connectivity index (χ4v) is 2.74. The molecule has 2 aromatic rings. The van der Waals surface area contributed by atoms with Gasteiger partial charge in [-0.05, 0) is 29.7 Å². The Hall–Kier alpha value is -1.88. The third-order valence-electron chi connectivity index (χ3n) is 3.58. The predicted octanol–water partition coefficient (Wildman–Crippen LogP) is 2.14. The van der Waals surface area contributed by atoms with Crippen LogP contribution in [0, 0.1) is 5.82 Å². The zero-order chi connectivity index (χ0) is 14.3. The summed E-state index contributed by atoms with van der Waals surface area (Å²) in [7, 11) is 1.56. The number of nitrogens with zero attached hydrogens (tertiary/aromatic N) is 3. The standard InChI is InChI=1S/C14H13ClFN3O/c1-18-14(20)13(15)12(7-17-18)19-5-4-9-6-11(16)3-2-10(9)8-19/h2-3,6-7H,4-5,8H2,1H3. The molecule has 3 rings (SSSR count). The highest BCUT2D eigenvalue weighted by Gasteiger charge is 2.20. The average Bonchev–Trinajstić information content (AvgIpc) is 2.44. The molecule has 1 aromatic carbocycles. The van der Waals surface area contributed by atoms with Crippen molar-refractivity contribution >= 4 is 17.3 Å². The average molecular weight is 294 g/mol. The number of rotatable bonds is 1. The molecule has 0 bridgehead atoms. The van der Waals surface area contributed by atoms with Crippen LogP contribution in [0.4, 0.5) is 10.1 Å². The molecule has 0 amide bonds. The lowest BCUT2D eigenvalue weighted by Crippen LogP contribution is -2.33. The molecule has 20 heavy (non-hydrogen) atoms. The molecule has 4 nitrogen and oxygen atoms in total. The van der Waals surface area contributed by atoms with E-state index in [4.69, 9.17) is 11.6 Å². The molecule has 0 radical (unpaired) electrons. The van der Waals surface area contributed by atoms with E-state index in [0.717, 1.165) is 17.5 Å². The summed E-state index contributed by atoms with van der Waals surface area (Å²) < 4.78 is 14.4. The van der Waals surface area contributed by atoms with Gasteiger partial charge in [-0.3, -0.25) is 4.79 Å². The molecule has 0 saturated heterocycles. The first kappa shape index (κ1) is 13.1. The van der Waals surface area contributed by atoms with Crippen LogP contribution in [0.15, 0.2) is 29.2 Å². The Labute approximate surface area is 120 Å². The smallest absolute Gasteiger partial charge is 0.287 e. The van der Waals surface area contributed by atoms with Crippen molar-refractivity contribution in [2.75, 3.05) is 11.4 Å². The van der Waals surface area contributed by atoms with Gasteiger partial charge in [0.2, 0.25) is 0 Å². The molecule has 6 heteroatoms. The lowest BCUT2D eigenvalue weighted by Gasteiger charge is -2.30. The second-order valence-electron chi connectivity index (χ2n) is 4.86. The SMILES string of the molecule is Cn1ncc(N2CCc3cc(F)ccc3C2)c(Cl)c1=O. The number of fused-ring (bicyclic) bond motifs is 1. The monoisotopic (exact) mass is 293 g/mol. The van der Waals surface area contributed by atoms with E-state index in [1.54, 1.807) is 25.4 Å². The van der Waals surface area contributed by atoms with Crippen LogP contribution in [0.1, 0.15) is 11.1 Å². The maximum absolute atomic E-state index is 13.2. The first-order valence-corrected chi connectivity index (χ1v) is 6.68. The lowest BCUT2D eigenvalue weighted by atomic mass is 9.99. The van der Waals surface area contributed by atoms with Gasteiger partial charge in [0.25, 0.3) is 5.56 Å². The van der Waals surface area contributed by atoms with Crippen LogP contribution in [0.25, 0.3) is 0 Å². The molecule has 1 aromatic heterocycles. The van der Waals surface area contributed by atoms with Gasteiger partial charge in [-0.25, -0.2) is 9.07 Å².